The summed E-state index contributed by atoms with van der Waals surface area (Å²) in [5, 5.41) is 0. The molecule has 0 aliphatic heterocycles. The number of hydrogen-bond acceptors (Lipinski definition) is 1. The fraction of sp³-hybridized carbons (Fsp3) is 0.727. The first-order valence-corrected chi connectivity index (χ1v) is 10.0. The Hall–Kier alpha value is -1.12. The van der Waals surface area contributed by atoms with Crippen LogP contribution in [0.5, 0.6) is 5.75 Å². The van der Waals surface area contributed by atoms with Crippen molar-refractivity contribution in [3.63, 3.8) is 0 Å². The number of aryl methyl sites for hydroxylation is 2. The molecule has 25 heavy (non-hydrogen) atoms. The fourth-order valence-electron chi connectivity index (χ4n) is 4.86. The summed E-state index contributed by atoms with van der Waals surface area (Å²) < 4.78 is 33.6. The highest BCUT2D eigenvalue weighted by Gasteiger charge is 2.30. The summed E-state index contributed by atoms with van der Waals surface area (Å²) in [6.45, 7) is 6.25. The molecule has 1 nitrogen and oxygen atoms in total. The van der Waals surface area contributed by atoms with Crippen molar-refractivity contribution in [3.8, 4) is 5.75 Å². The first-order valence-electron chi connectivity index (χ1n) is 10.0. The zero-order valence-corrected chi connectivity index (χ0v) is 15.9. The Morgan fingerprint density at radius 1 is 0.840 bits per heavy atom. The van der Waals surface area contributed by atoms with Crippen molar-refractivity contribution in [2.24, 2.45) is 23.7 Å². The van der Waals surface area contributed by atoms with E-state index in [1.807, 2.05) is 0 Å². The highest BCUT2D eigenvalue weighted by Crippen LogP contribution is 2.41. The van der Waals surface area contributed by atoms with Gasteiger partial charge in [-0.3, -0.25) is 0 Å². The number of hydrogen-bond donors (Lipinski definition) is 0. The molecular formula is C22H32F2O. The third-order valence-corrected chi connectivity index (χ3v) is 6.61. The Morgan fingerprint density at radius 3 is 2.00 bits per heavy atom. The molecule has 3 heteroatoms. The van der Waals surface area contributed by atoms with Gasteiger partial charge >= 0.3 is 0 Å². The molecule has 0 saturated heterocycles. The predicted molar refractivity (Wildman–Crippen MR) is 97.9 cm³/mol. The molecule has 140 valence electrons. The maximum Gasteiger partial charge on any atom is 0.201 e. The Labute approximate surface area is 151 Å². The molecule has 1 aromatic carbocycles. The maximum atomic E-state index is 14.1. The van der Waals surface area contributed by atoms with Crippen molar-refractivity contribution in [2.75, 3.05) is 6.61 Å². The van der Waals surface area contributed by atoms with Crippen LogP contribution in [0.2, 0.25) is 0 Å². The number of rotatable bonds is 4. The van der Waals surface area contributed by atoms with Gasteiger partial charge < -0.3 is 4.74 Å². The van der Waals surface area contributed by atoms with Gasteiger partial charge in [0.25, 0.3) is 0 Å². The zero-order valence-electron chi connectivity index (χ0n) is 15.9. The Kier molecular flexibility index (Phi) is 6.01. The minimum absolute atomic E-state index is 0.103. The van der Waals surface area contributed by atoms with Gasteiger partial charge in [0.05, 0.1) is 6.61 Å². The van der Waals surface area contributed by atoms with Crippen molar-refractivity contribution < 1.29 is 13.5 Å². The van der Waals surface area contributed by atoms with Crippen molar-refractivity contribution in [1.29, 1.82) is 0 Å². The van der Waals surface area contributed by atoms with Crippen LogP contribution in [0.4, 0.5) is 8.78 Å². The van der Waals surface area contributed by atoms with Gasteiger partial charge in [-0.15, -0.1) is 0 Å². The van der Waals surface area contributed by atoms with E-state index in [1.165, 1.54) is 38.5 Å². The molecule has 0 unspecified atom stereocenters. The summed E-state index contributed by atoms with van der Waals surface area (Å²) in [7, 11) is 0. The number of benzene rings is 1. The van der Waals surface area contributed by atoms with Crippen LogP contribution in [0.3, 0.4) is 0 Å². The van der Waals surface area contributed by atoms with Gasteiger partial charge in [-0.25, -0.2) is 4.39 Å². The summed E-state index contributed by atoms with van der Waals surface area (Å²) in [6.07, 6.45) is 10.5. The highest BCUT2D eigenvalue weighted by atomic mass is 19.2. The normalized spacial score (nSPS) is 30.3. The van der Waals surface area contributed by atoms with Crippen molar-refractivity contribution in [1.82, 2.24) is 0 Å². The first kappa shape index (κ1) is 18.7. The van der Waals surface area contributed by atoms with Crippen LogP contribution < -0.4 is 4.74 Å². The lowest BCUT2D eigenvalue weighted by Gasteiger charge is -2.37. The van der Waals surface area contributed by atoms with Gasteiger partial charge in [0.15, 0.2) is 11.6 Å². The van der Waals surface area contributed by atoms with Crippen molar-refractivity contribution >= 4 is 0 Å². The Balaban J connectivity index is 1.49. The highest BCUT2D eigenvalue weighted by molar-refractivity contribution is 5.38. The third kappa shape index (κ3) is 4.35. The van der Waals surface area contributed by atoms with E-state index in [1.54, 1.807) is 19.9 Å². The molecule has 0 aromatic heterocycles. The van der Waals surface area contributed by atoms with Crippen LogP contribution >= 0.6 is 0 Å². The smallest absolute Gasteiger partial charge is 0.201 e. The molecule has 0 N–H and O–H groups in total. The topological polar surface area (TPSA) is 9.23 Å². The molecule has 0 spiro atoms. The number of halogens is 2. The van der Waals surface area contributed by atoms with Gasteiger partial charge in [-0.05, 0) is 93.2 Å². The summed E-state index contributed by atoms with van der Waals surface area (Å²) in [5.41, 5.74) is 1.02. The minimum Gasteiger partial charge on any atom is -0.490 e. The van der Waals surface area contributed by atoms with Crippen LogP contribution in [0.15, 0.2) is 6.07 Å². The minimum atomic E-state index is -0.831. The lowest BCUT2D eigenvalue weighted by molar-refractivity contribution is 0.124. The van der Waals surface area contributed by atoms with E-state index in [0.29, 0.717) is 23.7 Å². The second-order valence-electron chi connectivity index (χ2n) is 8.58. The largest absolute Gasteiger partial charge is 0.490 e. The van der Waals surface area contributed by atoms with E-state index in [-0.39, 0.29) is 5.75 Å². The molecule has 2 fully saturated rings. The summed E-state index contributed by atoms with van der Waals surface area (Å²) in [5.74, 6) is 1.67. The van der Waals surface area contributed by atoms with Gasteiger partial charge in [-0.1, -0.05) is 19.8 Å². The molecule has 2 saturated carbocycles. The van der Waals surface area contributed by atoms with E-state index >= 15 is 0 Å². The van der Waals surface area contributed by atoms with Gasteiger partial charge in [-0.2, -0.15) is 4.39 Å². The average molecular weight is 350 g/mol. The van der Waals surface area contributed by atoms with Crippen molar-refractivity contribution in [3.05, 3.63) is 28.8 Å². The Bertz CT molecular complexity index is 582. The molecule has 0 amide bonds. The molecule has 0 heterocycles. The van der Waals surface area contributed by atoms with E-state index in [9.17, 15) is 8.78 Å². The summed E-state index contributed by atoms with van der Waals surface area (Å²) in [6, 6.07) is 1.66. The van der Waals surface area contributed by atoms with E-state index < -0.39 is 11.6 Å². The van der Waals surface area contributed by atoms with Crippen LogP contribution in [0, 0.1) is 49.2 Å². The van der Waals surface area contributed by atoms with Gasteiger partial charge in [0.1, 0.15) is 0 Å². The molecule has 3 rings (SSSR count). The quantitative estimate of drug-likeness (QED) is 0.595. The lowest BCUT2D eigenvalue weighted by atomic mass is 9.69. The fourth-order valence-corrected chi connectivity index (χ4v) is 4.86. The van der Waals surface area contributed by atoms with Crippen LogP contribution in [-0.2, 0) is 0 Å². The molecule has 0 radical (unpaired) electrons. The van der Waals surface area contributed by atoms with E-state index in [0.717, 1.165) is 30.6 Å². The molecule has 2 aliphatic carbocycles. The third-order valence-electron chi connectivity index (χ3n) is 6.61. The van der Waals surface area contributed by atoms with E-state index in [2.05, 4.69) is 6.92 Å². The second-order valence-corrected chi connectivity index (χ2v) is 8.58. The monoisotopic (exact) mass is 350 g/mol. The zero-order chi connectivity index (χ0) is 18.0. The second kappa shape index (κ2) is 8.05. The molecule has 0 bridgehead atoms. The van der Waals surface area contributed by atoms with Gasteiger partial charge in [0.2, 0.25) is 5.82 Å². The molecule has 0 atom stereocenters. The summed E-state index contributed by atoms with van der Waals surface area (Å²) >= 11 is 0. The van der Waals surface area contributed by atoms with Crippen molar-refractivity contribution in [2.45, 2.75) is 72.1 Å². The standard InChI is InChI=1S/C22H32F2O/c1-14-4-8-18(9-5-14)19-10-6-17(7-11-19)13-25-22-16(3)12-15(2)20(23)21(22)24/h12,14,17-19H,4-11,13H2,1-3H3. The van der Waals surface area contributed by atoms with Crippen LogP contribution in [0.25, 0.3) is 0 Å². The first-order chi connectivity index (χ1) is 12.0. The Morgan fingerprint density at radius 2 is 1.40 bits per heavy atom. The summed E-state index contributed by atoms with van der Waals surface area (Å²) in [4.78, 5) is 0. The molecule has 1 aromatic rings. The SMILES string of the molecule is Cc1cc(C)c(OCC2CCC(C3CCC(C)CC3)CC2)c(F)c1F. The van der Waals surface area contributed by atoms with Crippen LogP contribution in [0.1, 0.15) is 69.4 Å². The van der Waals surface area contributed by atoms with E-state index in [4.69, 9.17) is 4.74 Å². The predicted octanol–water partition coefficient (Wildman–Crippen LogP) is 6.59. The van der Waals surface area contributed by atoms with Gasteiger partial charge in [0, 0.05) is 0 Å². The lowest BCUT2D eigenvalue weighted by Crippen LogP contribution is -2.27. The molecular weight excluding hydrogens is 318 g/mol. The molecule has 2 aliphatic rings. The van der Waals surface area contributed by atoms with Crippen LogP contribution in [-0.4, -0.2) is 6.61 Å². The average Bonchev–Trinajstić information content (AvgIpc) is 2.61. The maximum absolute atomic E-state index is 14.1. The number of ether oxygens (including phenoxy) is 1.